The van der Waals surface area contributed by atoms with Crippen molar-refractivity contribution in [2.45, 2.75) is 56.8 Å². The minimum Gasteiger partial charge on any atom is -0.497 e. The predicted octanol–water partition coefficient (Wildman–Crippen LogP) is 2.10. The third-order valence-corrected chi connectivity index (χ3v) is 5.61. The summed E-state index contributed by atoms with van der Waals surface area (Å²) in [6.07, 6.45) is 5.52. The summed E-state index contributed by atoms with van der Waals surface area (Å²) >= 11 is 0. The van der Waals surface area contributed by atoms with Gasteiger partial charge in [-0.05, 0) is 60.2 Å². The molecule has 0 unspecified atom stereocenters. The van der Waals surface area contributed by atoms with E-state index in [1.807, 2.05) is 16.8 Å². The van der Waals surface area contributed by atoms with Gasteiger partial charge in [0.05, 0.1) is 25.8 Å². The van der Waals surface area contributed by atoms with E-state index in [1.54, 1.807) is 7.11 Å². The molecule has 2 atom stereocenters. The lowest BCUT2D eigenvalue weighted by Gasteiger charge is -2.31. The molecule has 2 fully saturated rings. The number of hydrogen-bond donors (Lipinski definition) is 1. The number of rotatable bonds is 6. The van der Waals surface area contributed by atoms with E-state index in [1.165, 1.54) is 12.0 Å². The second kappa shape index (κ2) is 7.09. The van der Waals surface area contributed by atoms with E-state index in [9.17, 15) is 5.11 Å². The Bertz CT molecular complexity index is 698. The van der Waals surface area contributed by atoms with Gasteiger partial charge in [0.15, 0.2) is 5.82 Å². The van der Waals surface area contributed by atoms with Crippen LogP contribution in [0.4, 0.5) is 0 Å². The van der Waals surface area contributed by atoms with Crippen LogP contribution in [0.3, 0.4) is 0 Å². The first-order valence-corrected chi connectivity index (χ1v) is 9.07. The van der Waals surface area contributed by atoms with Crippen molar-refractivity contribution < 1.29 is 9.84 Å². The number of likely N-dealkylation sites (tertiary alicyclic amines) is 1. The van der Waals surface area contributed by atoms with Crippen LogP contribution in [0.25, 0.3) is 0 Å². The van der Waals surface area contributed by atoms with Crippen molar-refractivity contribution in [3.05, 3.63) is 35.7 Å². The van der Waals surface area contributed by atoms with Crippen LogP contribution in [-0.2, 0) is 6.54 Å². The van der Waals surface area contributed by atoms with Gasteiger partial charge in [0.1, 0.15) is 5.75 Å². The fraction of sp³-hybridized carbons (Fsp3) is 0.611. The van der Waals surface area contributed by atoms with Crippen LogP contribution in [0.5, 0.6) is 5.75 Å². The summed E-state index contributed by atoms with van der Waals surface area (Å²) in [5.74, 6) is 1.81. The van der Waals surface area contributed by atoms with Crippen molar-refractivity contribution in [2.24, 2.45) is 0 Å². The Balaban J connectivity index is 1.57. The van der Waals surface area contributed by atoms with Gasteiger partial charge >= 0.3 is 0 Å². The SMILES string of the molecule is COc1ccc(CN2[C@H](CO)CC[C@H]2c2nnnn2C2CCC2)cc1. The minimum absolute atomic E-state index is 0.152. The first-order valence-electron chi connectivity index (χ1n) is 9.07. The van der Waals surface area contributed by atoms with Gasteiger partial charge in [-0.2, -0.15) is 0 Å². The highest BCUT2D eigenvalue weighted by molar-refractivity contribution is 5.27. The topological polar surface area (TPSA) is 76.3 Å². The Morgan fingerprint density at radius 1 is 1.16 bits per heavy atom. The third kappa shape index (κ3) is 3.14. The zero-order valence-electron chi connectivity index (χ0n) is 14.6. The van der Waals surface area contributed by atoms with Crippen molar-refractivity contribution in [1.29, 1.82) is 0 Å². The predicted molar refractivity (Wildman–Crippen MR) is 92.1 cm³/mol. The van der Waals surface area contributed by atoms with Crippen molar-refractivity contribution in [2.75, 3.05) is 13.7 Å². The Labute approximate surface area is 147 Å². The van der Waals surface area contributed by atoms with Crippen molar-refractivity contribution in [1.82, 2.24) is 25.1 Å². The number of aliphatic hydroxyl groups is 1. The number of tetrazole rings is 1. The van der Waals surface area contributed by atoms with E-state index in [0.717, 1.165) is 43.8 Å². The molecule has 2 heterocycles. The molecule has 1 saturated carbocycles. The van der Waals surface area contributed by atoms with Gasteiger partial charge in [0, 0.05) is 12.6 Å². The van der Waals surface area contributed by atoms with Crippen LogP contribution in [0.1, 0.15) is 55.6 Å². The van der Waals surface area contributed by atoms with Crippen molar-refractivity contribution in [3.8, 4) is 5.75 Å². The van der Waals surface area contributed by atoms with E-state index < -0.39 is 0 Å². The maximum absolute atomic E-state index is 9.83. The maximum Gasteiger partial charge on any atom is 0.168 e. The summed E-state index contributed by atoms with van der Waals surface area (Å²) < 4.78 is 7.26. The van der Waals surface area contributed by atoms with E-state index in [4.69, 9.17) is 4.74 Å². The smallest absolute Gasteiger partial charge is 0.168 e. The van der Waals surface area contributed by atoms with Crippen LogP contribution in [0.2, 0.25) is 0 Å². The third-order valence-electron chi connectivity index (χ3n) is 5.61. The number of aromatic nitrogens is 4. The molecular formula is C18H25N5O2. The van der Waals surface area contributed by atoms with E-state index in [2.05, 4.69) is 32.6 Å². The molecule has 7 heteroatoms. The Morgan fingerprint density at radius 3 is 2.60 bits per heavy atom. The first-order chi connectivity index (χ1) is 12.3. The Kier molecular flexibility index (Phi) is 4.67. The first kappa shape index (κ1) is 16.5. The van der Waals surface area contributed by atoms with Gasteiger partial charge in [-0.3, -0.25) is 4.90 Å². The fourth-order valence-corrected chi connectivity index (χ4v) is 3.90. The van der Waals surface area contributed by atoms with Crippen LogP contribution < -0.4 is 4.74 Å². The van der Waals surface area contributed by atoms with Crippen molar-refractivity contribution >= 4 is 0 Å². The summed E-state index contributed by atoms with van der Waals surface area (Å²) in [5, 5.41) is 22.4. The fourth-order valence-electron chi connectivity index (χ4n) is 3.90. The highest BCUT2D eigenvalue weighted by Gasteiger charge is 2.38. The molecule has 2 aromatic rings. The molecule has 1 aromatic heterocycles. The summed E-state index contributed by atoms with van der Waals surface area (Å²) in [5.41, 5.74) is 1.20. The van der Waals surface area contributed by atoms with Crippen LogP contribution >= 0.6 is 0 Å². The number of aliphatic hydroxyl groups excluding tert-OH is 1. The largest absolute Gasteiger partial charge is 0.497 e. The van der Waals surface area contributed by atoms with Crippen LogP contribution in [0.15, 0.2) is 24.3 Å². The molecule has 25 heavy (non-hydrogen) atoms. The lowest BCUT2D eigenvalue weighted by atomic mass is 9.93. The average molecular weight is 343 g/mol. The minimum atomic E-state index is 0.152. The van der Waals surface area contributed by atoms with Gasteiger partial charge < -0.3 is 9.84 Å². The summed E-state index contributed by atoms with van der Waals surface area (Å²) in [6, 6.07) is 8.88. The lowest BCUT2D eigenvalue weighted by molar-refractivity contribution is 0.114. The molecule has 1 aliphatic carbocycles. The standard InChI is InChI=1S/C18H25N5O2/c1-25-16-8-5-13(6-9-16)11-22-15(12-24)7-10-17(22)18-19-20-21-23(18)14-3-2-4-14/h5-6,8-9,14-15,17,24H,2-4,7,10-12H2,1H3/t15-,17-/m0/s1. The lowest BCUT2D eigenvalue weighted by Crippen LogP contribution is -2.35. The molecule has 7 nitrogen and oxygen atoms in total. The second-order valence-electron chi connectivity index (χ2n) is 7.02. The number of methoxy groups -OCH3 is 1. The molecule has 1 saturated heterocycles. The maximum atomic E-state index is 9.83. The molecule has 0 amide bonds. The van der Waals surface area contributed by atoms with E-state index in [0.29, 0.717) is 6.04 Å². The Morgan fingerprint density at radius 2 is 1.96 bits per heavy atom. The van der Waals surface area contributed by atoms with Gasteiger partial charge in [0.25, 0.3) is 0 Å². The van der Waals surface area contributed by atoms with E-state index >= 15 is 0 Å². The van der Waals surface area contributed by atoms with Gasteiger partial charge in [-0.1, -0.05) is 12.1 Å². The molecule has 0 bridgehead atoms. The number of nitrogens with zero attached hydrogens (tertiary/aromatic N) is 5. The number of ether oxygens (including phenoxy) is 1. The monoisotopic (exact) mass is 343 g/mol. The van der Waals surface area contributed by atoms with Gasteiger partial charge in [0.2, 0.25) is 0 Å². The average Bonchev–Trinajstić information content (AvgIpc) is 3.21. The molecule has 0 radical (unpaired) electrons. The summed E-state index contributed by atoms with van der Waals surface area (Å²) in [6.45, 7) is 0.940. The number of benzene rings is 1. The molecular weight excluding hydrogens is 318 g/mol. The molecule has 1 N–H and O–H groups in total. The summed E-state index contributed by atoms with van der Waals surface area (Å²) in [4.78, 5) is 2.35. The van der Waals surface area contributed by atoms with Crippen LogP contribution in [-0.4, -0.2) is 50.0 Å². The molecule has 1 aromatic carbocycles. The molecule has 1 aliphatic heterocycles. The highest BCUT2D eigenvalue weighted by Crippen LogP contribution is 2.39. The van der Waals surface area contributed by atoms with Crippen LogP contribution in [0, 0.1) is 0 Å². The zero-order valence-corrected chi connectivity index (χ0v) is 14.6. The quantitative estimate of drug-likeness (QED) is 0.866. The highest BCUT2D eigenvalue weighted by atomic mass is 16.5. The molecule has 134 valence electrons. The zero-order chi connectivity index (χ0) is 17.2. The normalized spacial score (nSPS) is 24.4. The number of hydrogen-bond acceptors (Lipinski definition) is 6. The van der Waals surface area contributed by atoms with Gasteiger partial charge in [-0.15, -0.1) is 5.10 Å². The van der Waals surface area contributed by atoms with Crippen molar-refractivity contribution in [3.63, 3.8) is 0 Å². The second-order valence-corrected chi connectivity index (χ2v) is 7.02. The molecule has 4 rings (SSSR count). The summed E-state index contributed by atoms with van der Waals surface area (Å²) in [7, 11) is 1.67. The van der Waals surface area contributed by atoms with Gasteiger partial charge in [-0.25, -0.2) is 4.68 Å². The Hall–Kier alpha value is -1.99. The molecule has 2 aliphatic rings. The van der Waals surface area contributed by atoms with E-state index in [-0.39, 0.29) is 18.7 Å². The molecule has 0 spiro atoms.